The molecule has 1 fully saturated rings. The molecule has 0 radical (unpaired) electrons. The SMILES string of the molecule is CC.CC(=O)C(CN1CCN(C(C)=O)CC1)c1ccc(P)c(F)c1.CCC. The summed E-state index contributed by atoms with van der Waals surface area (Å²) >= 11 is 0. The lowest BCUT2D eigenvalue weighted by Gasteiger charge is -2.35. The van der Waals surface area contributed by atoms with Gasteiger partial charge < -0.3 is 4.90 Å². The second-order valence-electron chi connectivity index (χ2n) is 6.46. The van der Waals surface area contributed by atoms with Crippen LogP contribution in [0, 0.1) is 5.82 Å². The molecule has 1 aliphatic rings. The van der Waals surface area contributed by atoms with Crippen LogP contribution in [-0.2, 0) is 9.59 Å². The van der Waals surface area contributed by atoms with E-state index in [4.69, 9.17) is 0 Å². The van der Waals surface area contributed by atoms with Crippen molar-refractivity contribution in [3.05, 3.63) is 29.6 Å². The number of piperazine rings is 1. The lowest BCUT2D eigenvalue weighted by molar-refractivity contribution is -0.131. The second-order valence-corrected chi connectivity index (χ2v) is 7.08. The zero-order valence-electron chi connectivity index (χ0n) is 17.7. The summed E-state index contributed by atoms with van der Waals surface area (Å²) in [6.07, 6.45) is 1.25. The monoisotopic (exact) mass is 398 g/mol. The summed E-state index contributed by atoms with van der Waals surface area (Å²) < 4.78 is 13.7. The summed E-state index contributed by atoms with van der Waals surface area (Å²) in [4.78, 5) is 27.3. The number of nitrogens with zero attached hydrogens (tertiary/aromatic N) is 2. The Balaban J connectivity index is 0.00000123. The van der Waals surface area contributed by atoms with Gasteiger partial charge in [-0.05, 0) is 18.6 Å². The van der Waals surface area contributed by atoms with Crippen LogP contribution in [0.4, 0.5) is 4.39 Å². The van der Waals surface area contributed by atoms with Crippen molar-refractivity contribution in [3.63, 3.8) is 0 Å². The summed E-state index contributed by atoms with van der Waals surface area (Å²) in [6, 6.07) is 4.93. The number of hydrogen-bond donors (Lipinski definition) is 0. The molecule has 4 nitrogen and oxygen atoms in total. The zero-order chi connectivity index (χ0) is 21.0. The lowest BCUT2D eigenvalue weighted by atomic mass is 9.94. The minimum absolute atomic E-state index is 0.0323. The average molecular weight is 399 g/mol. The molecule has 0 spiro atoms. The maximum atomic E-state index is 13.7. The number of halogens is 1. The molecule has 154 valence electrons. The maximum absolute atomic E-state index is 13.7. The predicted molar refractivity (Wildman–Crippen MR) is 115 cm³/mol. The van der Waals surface area contributed by atoms with E-state index in [1.807, 2.05) is 24.8 Å². The molecule has 0 aromatic heterocycles. The van der Waals surface area contributed by atoms with Crippen LogP contribution in [0.15, 0.2) is 18.2 Å². The van der Waals surface area contributed by atoms with Crippen LogP contribution in [0.2, 0.25) is 0 Å². The first-order valence-corrected chi connectivity index (χ1v) is 10.4. The van der Waals surface area contributed by atoms with Gasteiger partial charge in [0.1, 0.15) is 11.6 Å². The molecule has 0 N–H and O–H groups in total. The first kappa shape index (κ1) is 25.7. The van der Waals surface area contributed by atoms with Crippen LogP contribution >= 0.6 is 9.24 Å². The molecule has 2 atom stereocenters. The zero-order valence-corrected chi connectivity index (χ0v) is 18.9. The van der Waals surface area contributed by atoms with Gasteiger partial charge in [-0.2, -0.15) is 0 Å². The molecule has 1 heterocycles. The Labute approximate surface area is 166 Å². The molecule has 0 aliphatic carbocycles. The van der Waals surface area contributed by atoms with Crippen LogP contribution in [0.25, 0.3) is 0 Å². The summed E-state index contributed by atoms with van der Waals surface area (Å²) in [5.74, 6) is -0.523. The topological polar surface area (TPSA) is 40.6 Å². The molecule has 1 saturated heterocycles. The van der Waals surface area contributed by atoms with Crippen LogP contribution in [0.5, 0.6) is 0 Å². The fourth-order valence-electron chi connectivity index (χ4n) is 2.73. The summed E-state index contributed by atoms with van der Waals surface area (Å²) in [7, 11) is 2.34. The van der Waals surface area contributed by atoms with Gasteiger partial charge in [0.25, 0.3) is 0 Å². The maximum Gasteiger partial charge on any atom is 0.219 e. The van der Waals surface area contributed by atoms with Gasteiger partial charge in [-0.3, -0.25) is 14.5 Å². The quantitative estimate of drug-likeness (QED) is 0.728. The number of benzene rings is 1. The van der Waals surface area contributed by atoms with Crippen molar-refractivity contribution >= 4 is 26.2 Å². The van der Waals surface area contributed by atoms with Gasteiger partial charge in [-0.25, -0.2) is 4.39 Å². The van der Waals surface area contributed by atoms with E-state index in [1.54, 1.807) is 19.9 Å². The molecule has 0 saturated carbocycles. The third kappa shape index (κ3) is 8.94. The van der Waals surface area contributed by atoms with Crippen molar-refractivity contribution in [2.24, 2.45) is 0 Å². The van der Waals surface area contributed by atoms with Gasteiger partial charge in [-0.1, -0.05) is 46.2 Å². The lowest BCUT2D eigenvalue weighted by Crippen LogP contribution is -2.49. The van der Waals surface area contributed by atoms with Gasteiger partial charge >= 0.3 is 0 Å². The first-order valence-electron chi connectivity index (χ1n) is 9.83. The normalized spacial score (nSPS) is 15.0. The fraction of sp³-hybridized carbons (Fsp3) is 0.619. The summed E-state index contributed by atoms with van der Waals surface area (Å²) in [5.41, 5.74) is 0.713. The summed E-state index contributed by atoms with van der Waals surface area (Å²) in [5, 5.41) is 0.501. The minimum Gasteiger partial charge on any atom is -0.340 e. The third-order valence-corrected chi connectivity index (χ3v) is 4.64. The number of carbonyl (C=O) groups excluding carboxylic acids is 2. The van der Waals surface area contributed by atoms with Crippen LogP contribution in [0.1, 0.15) is 59.4 Å². The van der Waals surface area contributed by atoms with Gasteiger partial charge in [0, 0.05) is 45.0 Å². The molecule has 2 rings (SSSR count). The van der Waals surface area contributed by atoms with E-state index in [2.05, 4.69) is 28.0 Å². The van der Waals surface area contributed by atoms with Crippen LogP contribution in [0.3, 0.4) is 0 Å². The van der Waals surface area contributed by atoms with Crippen molar-refractivity contribution in [2.45, 2.75) is 53.9 Å². The Morgan fingerprint density at radius 3 is 2.04 bits per heavy atom. The second kappa shape index (κ2) is 13.8. The van der Waals surface area contributed by atoms with Crippen molar-refractivity contribution in [2.75, 3.05) is 32.7 Å². The highest BCUT2D eigenvalue weighted by molar-refractivity contribution is 7.27. The van der Waals surface area contributed by atoms with Crippen molar-refractivity contribution in [1.82, 2.24) is 9.80 Å². The van der Waals surface area contributed by atoms with Gasteiger partial charge in [0.15, 0.2) is 0 Å². The number of ketones is 1. The molecule has 1 aromatic rings. The van der Waals surface area contributed by atoms with Crippen molar-refractivity contribution in [1.29, 1.82) is 0 Å². The largest absolute Gasteiger partial charge is 0.340 e. The van der Waals surface area contributed by atoms with Crippen LogP contribution in [-0.4, -0.2) is 54.2 Å². The Morgan fingerprint density at radius 1 is 1.11 bits per heavy atom. The summed E-state index contributed by atoms with van der Waals surface area (Å²) in [6.45, 7) is 14.8. The number of rotatable bonds is 4. The number of hydrogen-bond acceptors (Lipinski definition) is 3. The fourth-order valence-corrected chi connectivity index (χ4v) is 2.91. The minimum atomic E-state index is -0.330. The molecular formula is C21H36FN2O2P. The first-order chi connectivity index (χ1) is 12.8. The molecule has 0 bridgehead atoms. The smallest absolute Gasteiger partial charge is 0.219 e. The van der Waals surface area contributed by atoms with Gasteiger partial charge in [0.05, 0.1) is 5.92 Å². The van der Waals surface area contributed by atoms with Crippen LogP contribution < -0.4 is 5.30 Å². The number of Topliss-reactive ketones (excluding diaryl/α,β-unsaturated/α-hetero) is 1. The Bertz CT molecular complexity index is 588. The highest BCUT2D eigenvalue weighted by Crippen LogP contribution is 2.20. The van der Waals surface area contributed by atoms with E-state index in [9.17, 15) is 14.0 Å². The predicted octanol–water partition coefficient (Wildman–Crippen LogP) is 3.61. The Kier molecular flexibility index (Phi) is 13.1. The van der Waals surface area contributed by atoms with E-state index in [0.717, 1.165) is 13.1 Å². The third-order valence-electron chi connectivity index (χ3n) is 4.18. The molecule has 2 unspecified atom stereocenters. The van der Waals surface area contributed by atoms with Crippen molar-refractivity contribution < 1.29 is 14.0 Å². The molecular weight excluding hydrogens is 362 g/mol. The van der Waals surface area contributed by atoms with Gasteiger partial charge in [-0.15, -0.1) is 9.24 Å². The van der Waals surface area contributed by atoms with Gasteiger partial charge in [0.2, 0.25) is 5.91 Å². The van der Waals surface area contributed by atoms with E-state index in [1.165, 1.54) is 12.5 Å². The Hall–Kier alpha value is -1.32. The number of amides is 1. The molecule has 1 aromatic carbocycles. The number of carbonyl (C=O) groups is 2. The molecule has 6 heteroatoms. The van der Waals surface area contributed by atoms with E-state index >= 15 is 0 Å². The standard InChI is InChI=1S/C16H22FN2O2P.C3H8.C2H6/c1-11(20)14(13-3-4-16(22)15(17)9-13)10-18-5-7-19(8-6-18)12(2)21;1-3-2;1-2/h3-4,9,14H,5-8,10,22H2,1-2H3;3H2,1-2H3;1-2H3. The van der Waals surface area contributed by atoms with E-state index < -0.39 is 0 Å². The molecule has 27 heavy (non-hydrogen) atoms. The van der Waals surface area contributed by atoms with E-state index in [-0.39, 0.29) is 23.4 Å². The Morgan fingerprint density at radius 2 is 1.63 bits per heavy atom. The highest BCUT2D eigenvalue weighted by Gasteiger charge is 2.24. The average Bonchev–Trinajstić information content (AvgIpc) is 2.64. The van der Waals surface area contributed by atoms with E-state index in [0.29, 0.717) is 30.5 Å². The highest BCUT2D eigenvalue weighted by atomic mass is 31.0. The van der Waals surface area contributed by atoms with Crippen molar-refractivity contribution in [3.8, 4) is 0 Å². The molecule has 1 amide bonds. The molecule has 1 aliphatic heterocycles.